The van der Waals surface area contributed by atoms with E-state index in [1.165, 1.54) is 0 Å². The fourth-order valence-corrected chi connectivity index (χ4v) is 1.58. The Balaban J connectivity index is 3.54. The lowest BCUT2D eigenvalue weighted by atomic mass is 10.2. The highest BCUT2D eigenvalue weighted by molar-refractivity contribution is 7.99. The zero-order valence-electron chi connectivity index (χ0n) is 7.21. The molecule has 0 spiro atoms. The Morgan fingerprint density at radius 1 is 1.31 bits per heavy atom. The van der Waals surface area contributed by atoms with Crippen molar-refractivity contribution in [2.75, 3.05) is 18.1 Å². The second kappa shape index (κ2) is 5.72. The average molecular weight is 218 g/mol. The number of rotatable bonds is 5. The quantitative estimate of drug-likeness (QED) is 0.730. The molecule has 0 aromatic rings. The summed E-state index contributed by atoms with van der Waals surface area (Å²) in [5, 5.41) is 17.1. The molecular weight excluding hydrogens is 205 g/mol. The van der Waals surface area contributed by atoms with Crippen LogP contribution in [-0.2, 0) is 0 Å². The Hall–Kier alpha value is 0.0600. The van der Waals surface area contributed by atoms with Gasteiger partial charge in [-0.25, -0.2) is 0 Å². The molecule has 0 aromatic heterocycles. The van der Waals surface area contributed by atoms with Gasteiger partial charge in [0, 0.05) is 12.4 Å². The molecular formula is C7H13F3O2S. The van der Waals surface area contributed by atoms with Gasteiger partial charge in [0.25, 0.3) is 0 Å². The van der Waals surface area contributed by atoms with Gasteiger partial charge in [0.1, 0.15) is 0 Å². The van der Waals surface area contributed by atoms with Crippen LogP contribution in [0.1, 0.15) is 6.92 Å². The van der Waals surface area contributed by atoms with Gasteiger partial charge in [-0.15, -0.1) is 0 Å². The molecule has 0 rings (SSSR count). The van der Waals surface area contributed by atoms with E-state index in [9.17, 15) is 13.2 Å². The van der Waals surface area contributed by atoms with Crippen LogP contribution in [0.4, 0.5) is 13.2 Å². The molecule has 0 fully saturated rings. The van der Waals surface area contributed by atoms with E-state index in [-0.39, 0.29) is 18.3 Å². The molecule has 0 aliphatic rings. The summed E-state index contributed by atoms with van der Waals surface area (Å²) < 4.78 is 35.2. The third-order valence-electron chi connectivity index (χ3n) is 1.37. The van der Waals surface area contributed by atoms with Crippen LogP contribution in [0.3, 0.4) is 0 Å². The van der Waals surface area contributed by atoms with Gasteiger partial charge < -0.3 is 10.2 Å². The molecule has 13 heavy (non-hydrogen) atoms. The molecule has 0 heterocycles. The lowest BCUT2D eigenvalue weighted by Gasteiger charge is -2.14. The highest BCUT2D eigenvalue weighted by Gasteiger charge is 2.37. The fourth-order valence-electron chi connectivity index (χ4n) is 0.528. The van der Waals surface area contributed by atoms with E-state index < -0.39 is 12.3 Å². The molecule has 0 saturated heterocycles. The maximum Gasteiger partial charge on any atom is 0.415 e. The van der Waals surface area contributed by atoms with Crippen molar-refractivity contribution in [1.29, 1.82) is 0 Å². The van der Waals surface area contributed by atoms with E-state index in [1.807, 2.05) is 0 Å². The van der Waals surface area contributed by atoms with Crippen molar-refractivity contribution in [2.24, 2.45) is 5.92 Å². The van der Waals surface area contributed by atoms with Gasteiger partial charge in [-0.3, -0.25) is 0 Å². The van der Waals surface area contributed by atoms with Crippen LogP contribution < -0.4 is 0 Å². The van der Waals surface area contributed by atoms with Crippen molar-refractivity contribution in [1.82, 2.24) is 0 Å². The van der Waals surface area contributed by atoms with Gasteiger partial charge >= 0.3 is 6.18 Å². The summed E-state index contributed by atoms with van der Waals surface area (Å²) in [5.41, 5.74) is 0. The summed E-state index contributed by atoms with van der Waals surface area (Å²) >= 11 is 0.991. The molecule has 0 radical (unpaired) electrons. The summed E-state index contributed by atoms with van der Waals surface area (Å²) in [6.45, 7) is 1.68. The van der Waals surface area contributed by atoms with Crippen LogP contribution in [0.25, 0.3) is 0 Å². The molecule has 0 bridgehead atoms. The molecule has 2 atom stereocenters. The number of hydrogen-bond acceptors (Lipinski definition) is 3. The molecule has 0 aromatic carbocycles. The first-order valence-corrected chi connectivity index (χ1v) is 4.96. The van der Waals surface area contributed by atoms with Crippen LogP contribution in [0.2, 0.25) is 0 Å². The van der Waals surface area contributed by atoms with Gasteiger partial charge in [-0.1, -0.05) is 6.92 Å². The van der Waals surface area contributed by atoms with Crippen LogP contribution in [-0.4, -0.2) is 40.6 Å². The molecule has 0 aliphatic carbocycles. The number of thioether (sulfide) groups is 1. The number of halogens is 3. The highest BCUT2D eigenvalue weighted by atomic mass is 32.2. The molecule has 0 saturated carbocycles. The van der Waals surface area contributed by atoms with Crippen molar-refractivity contribution in [3.8, 4) is 0 Å². The van der Waals surface area contributed by atoms with E-state index in [2.05, 4.69) is 0 Å². The van der Waals surface area contributed by atoms with E-state index in [1.54, 1.807) is 6.92 Å². The Morgan fingerprint density at radius 2 is 1.85 bits per heavy atom. The van der Waals surface area contributed by atoms with Crippen molar-refractivity contribution >= 4 is 11.8 Å². The van der Waals surface area contributed by atoms with Crippen molar-refractivity contribution < 1.29 is 23.4 Å². The first kappa shape index (κ1) is 13.1. The largest absolute Gasteiger partial charge is 0.415 e. The summed E-state index contributed by atoms with van der Waals surface area (Å²) in [4.78, 5) is 0. The second-order valence-electron chi connectivity index (χ2n) is 2.88. The number of aliphatic hydroxyl groups is 2. The van der Waals surface area contributed by atoms with E-state index >= 15 is 0 Å². The van der Waals surface area contributed by atoms with Crippen LogP contribution in [0, 0.1) is 5.92 Å². The minimum absolute atomic E-state index is 0.0366. The Kier molecular flexibility index (Phi) is 5.75. The van der Waals surface area contributed by atoms with Crippen LogP contribution in [0.15, 0.2) is 0 Å². The molecule has 0 amide bonds. The zero-order valence-corrected chi connectivity index (χ0v) is 8.03. The topological polar surface area (TPSA) is 40.5 Å². The SMILES string of the molecule is CC(CO)CSCC(O)C(F)(F)F. The fraction of sp³-hybridized carbons (Fsp3) is 1.00. The third-order valence-corrected chi connectivity index (χ3v) is 2.72. The minimum Gasteiger partial charge on any atom is -0.396 e. The molecule has 0 aliphatic heterocycles. The molecule has 80 valence electrons. The second-order valence-corrected chi connectivity index (χ2v) is 3.96. The monoisotopic (exact) mass is 218 g/mol. The van der Waals surface area contributed by atoms with E-state index in [4.69, 9.17) is 10.2 Å². The normalized spacial score (nSPS) is 17.1. The first-order valence-electron chi connectivity index (χ1n) is 3.81. The smallest absolute Gasteiger partial charge is 0.396 e. The zero-order chi connectivity index (χ0) is 10.5. The molecule has 2 unspecified atom stereocenters. The minimum atomic E-state index is -4.53. The molecule has 2 N–H and O–H groups in total. The molecule has 6 heteroatoms. The Morgan fingerprint density at radius 3 is 2.23 bits per heavy atom. The summed E-state index contributed by atoms with van der Waals surface area (Å²) in [7, 11) is 0. The van der Waals surface area contributed by atoms with Crippen LogP contribution in [0.5, 0.6) is 0 Å². The van der Waals surface area contributed by atoms with Gasteiger partial charge in [-0.2, -0.15) is 24.9 Å². The standard InChI is InChI=1S/C7H13F3O2S/c1-5(2-11)3-13-4-6(12)7(8,9)10/h5-6,11-12H,2-4H2,1H3. The van der Waals surface area contributed by atoms with E-state index in [0.29, 0.717) is 5.75 Å². The van der Waals surface area contributed by atoms with Crippen molar-refractivity contribution in [3.63, 3.8) is 0 Å². The molecule has 2 nitrogen and oxygen atoms in total. The Bertz CT molecular complexity index is 140. The Labute approximate surface area is 79.1 Å². The van der Waals surface area contributed by atoms with Gasteiger partial charge in [0.15, 0.2) is 6.10 Å². The van der Waals surface area contributed by atoms with Gasteiger partial charge in [0.2, 0.25) is 0 Å². The van der Waals surface area contributed by atoms with Crippen molar-refractivity contribution in [3.05, 3.63) is 0 Å². The average Bonchev–Trinajstić information content (AvgIpc) is 2.02. The number of alkyl halides is 3. The summed E-state index contributed by atoms with van der Waals surface area (Å²) in [5.74, 6) is 0.0164. The number of aliphatic hydroxyl groups excluding tert-OH is 2. The van der Waals surface area contributed by atoms with E-state index in [0.717, 1.165) is 11.8 Å². The van der Waals surface area contributed by atoms with Crippen LogP contribution >= 0.6 is 11.8 Å². The first-order chi connectivity index (χ1) is 5.88. The highest BCUT2D eigenvalue weighted by Crippen LogP contribution is 2.23. The van der Waals surface area contributed by atoms with Gasteiger partial charge in [0.05, 0.1) is 0 Å². The predicted octanol–water partition coefficient (Wildman–Crippen LogP) is 1.27. The summed E-state index contributed by atoms with van der Waals surface area (Å²) in [6.07, 6.45) is -6.79. The van der Waals surface area contributed by atoms with Gasteiger partial charge in [-0.05, 0) is 11.7 Å². The predicted molar refractivity (Wildman–Crippen MR) is 45.6 cm³/mol. The maximum absolute atomic E-state index is 11.7. The third kappa shape index (κ3) is 6.17. The lowest BCUT2D eigenvalue weighted by molar-refractivity contribution is -0.195. The maximum atomic E-state index is 11.7. The number of hydrogen-bond donors (Lipinski definition) is 2. The summed E-state index contributed by atoms with van der Waals surface area (Å²) in [6, 6.07) is 0. The lowest BCUT2D eigenvalue weighted by Crippen LogP contribution is -2.31. The van der Waals surface area contributed by atoms with Crippen molar-refractivity contribution in [2.45, 2.75) is 19.2 Å².